The van der Waals surface area contributed by atoms with Gasteiger partial charge in [0.25, 0.3) is 0 Å². The zero-order valence-electron chi connectivity index (χ0n) is 4.47. The van der Waals surface area contributed by atoms with Gasteiger partial charge in [-0.15, -0.1) is 0 Å². The molecular weight excluding hydrogens is 154 g/mol. The van der Waals surface area contributed by atoms with Crippen molar-refractivity contribution in [2.45, 2.75) is 0 Å². The Morgan fingerprint density at radius 2 is 1.78 bits per heavy atom. The molecule has 0 atom stereocenters. The molecule has 1 rings (SSSR count). The highest BCUT2D eigenvalue weighted by Crippen LogP contribution is 2.08. The molecule has 5 heteroatoms. The van der Waals surface area contributed by atoms with Crippen LogP contribution in [0.25, 0.3) is 0 Å². The van der Waals surface area contributed by atoms with Crippen molar-refractivity contribution in [2.75, 3.05) is 3.71 Å². The Bertz CT molecular complexity index is 176. The Morgan fingerprint density at radius 1 is 1.22 bits per heavy atom. The summed E-state index contributed by atoms with van der Waals surface area (Å²) < 4.78 is 1.25. The van der Waals surface area contributed by atoms with Crippen molar-refractivity contribution in [3.63, 3.8) is 0 Å². The molecule has 0 aromatic carbocycles. The summed E-state index contributed by atoms with van der Waals surface area (Å²) in [5, 5.41) is 0. The predicted molar refractivity (Wildman–Crippen MR) is 42.5 cm³/mol. The number of thiol groups is 2. The maximum absolute atomic E-state index is 3.86. The third-order valence-electron chi connectivity index (χ3n) is 0.731. The van der Waals surface area contributed by atoms with E-state index in [1.807, 2.05) is 0 Å². The number of rotatable bonds is 1. The Hall–Kier alpha value is -0.420. The quantitative estimate of drug-likeness (QED) is 0.598. The maximum atomic E-state index is 3.86. The zero-order valence-corrected chi connectivity index (χ0v) is 6.26. The minimum absolute atomic E-state index is 0.476. The van der Waals surface area contributed by atoms with Gasteiger partial charge >= 0.3 is 0 Å². The average molecular weight is 159 g/mol. The summed E-state index contributed by atoms with van der Waals surface area (Å²) in [7, 11) is 0. The summed E-state index contributed by atoms with van der Waals surface area (Å²) in [4.78, 5) is 7.68. The number of aromatic nitrogens is 2. The second-order valence-electron chi connectivity index (χ2n) is 1.34. The van der Waals surface area contributed by atoms with E-state index in [1.165, 1.54) is 3.71 Å². The molecule has 1 aromatic rings. The molecule has 0 saturated heterocycles. The lowest BCUT2D eigenvalue weighted by Gasteiger charge is -2.03. The summed E-state index contributed by atoms with van der Waals surface area (Å²) in [6, 6.07) is 1.73. The van der Waals surface area contributed by atoms with Gasteiger partial charge in [-0.05, 0) is 6.07 Å². The van der Waals surface area contributed by atoms with Crippen molar-refractivity contribution >= 4 is 31.6 Å². The lowest BCUT2D eigenvalue weighted by molar-refractivity contribution is 1.16. The molecule has 1 heterocycles. The minimum Gasteiger partial charge on any atom is -0.231 e. The van der Waals surface area contributed by atoms with Gasteiger partial charge in [0.15, 0.2) is 0 Å². The Morgan fingerprint density at radius 3 is 2.11 bits per heavy atom. The Labute approximate surface area is 64.2 Å². The lowest BCUT2D eigenvalue weighted by Crippen LogP contribution is -1.97. The molecule has 0 fully saturated rings. The Kier molecular flexibility index (Phi) is 2.18. The number of anilines is 1. The lowest BCUT2D eigenvalue weighted by atomic mass is 10.7. The molecule has 0 aliphatic carbocycles. The van der Waals surface area contributed by atoms with Crippen molar-refractivity contribution in [3.05, 3.63) is 18.5 Å². The van der Waals surface area contributed by atoms with Gasteiger partial charge in [0, 0.05) is 12.4 Å². The van der Waals surface area contributed by atoms with Crippen LogP contribution in [-0.4, -0.2) is 9.97 Å². The molecule has 0 amide bonds. The molecule has 3 nitrogen and oxygen atoms in total. The third kappa shape index (κ3) is 1.76. The fourth-order valence-electron chi connectivity index (χ4n) is 0.395. The summed E-state index contributed by atoms with van der Waals surface area (Å²) >= 11 is 7.72. The smallest absolute Gasteiger partial charge is 0.231 e. The van der Waals surface area contributed by atoms with E-state index in [-0.39, 0.29) is 0 Å². The van der Waals surface area contributed by atoms with Crippen molar-refractivity contribution < 1.29 is 0 Å². The van der Waals surface area contributed by atoms with Gasteiger partial charge in [0.1, 0.15) is 0 Å². The van der Waals surface area contributed by atoms with Crippen LogP contribution in [0, 0.1) is 0 Å². The summed E-state index contributed by atoms with van der Waals surface area (Å²) in [6.45, 7) is 0. The summed E-state index contributed by atoms with van der Waals surface area (Å²) in [5.74, 6) is 0.476. The fourth-order valence-corrected chi connectivity index (χ4v) is 0.601. The molecule has 0 saturated carbocycles. The van der Waals surface area contributed by atoms with Gasteiger partial charge in [0.05, 0.1) is 0 Å². The van der Waals surface area contributed by atoms with Crippen molar-refractivity contribution in [1.29, 1.82) is 0 Å². The van der Waals surface area contributed by atoms with E-state index in [1.54, 1.807) is 18.5 Å². The van der Waals surface area contributed by atoms with Crippen LogP contribution in [0.15, 0.2) is 18.5 Å². The van der Waals surface area contributed by atoms with E-state index in [9.17, 15) is 0 Å². The van der Waals surface area contributed by atoms with Crippen LogP contribution in [0.3, 0.4) is 0 Å². The molecule has 0 unspecified atom stereocenters. The first-order valence-corrected chi connectivity index (χ1v) is 3.05. The van der Waals surface area contributed by atoms with E-state index in [0.29, 0.717) is 5.95 Å². The van der Waals surface area contributed by atoms with Crippen LogP contribution in [-0.2, 0) is 0 Å². The van der Waals surface area contributed by atoms with Crippen molar-refractivity contribution in [1.82, 2.24) is 9.97 Å². The van der Waals surface area contributed by atoms with Gasteiger partial charge < -0.3 is 0 Å². The number of hydrogen-bond donors (Lipinski definition) is 2. The second kappa shape index (κ2) is 2.93. The highest BCUT2D eigenvalue weighted by molar-refractivity contribution is 8.00. The first kappa shape index (κ1) is 6.70. The summed E-state index contributed by atoms with van der Waals surface area (Å²) in [5.41, 5.74) is 0. The number of hydrogen-bond acceptors (Lipinski definition) is 5. The zero-order chi connectivity index (χ0) is 6.69. The molecular formula is C4H5N3S2. The van der Waals surface area contributed by atoms with Crippen molar-refractivity contribution in [2.24, 2.45) is 0 Å². The predicted octanol–water partition coefficient (Wildman–Crippen LogP) is 0.973. The molecule has 48 valence electrons. The largest absolute Gasteiger partial charge is 0.245 e. The van der Waals surface area contributed by atoms with Gasteiger partial charge in [-0.25, -0.2) is 13.7 Å². The molecule has 0 N–H and O–H groups in total. The second-order valence-corrected chi connectivity index (χ2v) is 2.45. The van der Waals surface area contributed by atoms with Crippen LogP contribution >= 0.6 is 25.6 Å². The third-order valence-corrected chi connectivity index (χ3v) is 1.09. The van der Waals surface area contributed by atoms with Crippen molar-refractivity contribution in [3.8, 4) is 0 Å². The van der Waals surface area contributed by atoms with Crippen LogP contribution < -0.4 is 3.71 Å². The van der Waals surface area contributed by atoms with Gasteiger partial charge in [0.2, 0.25) is 5.95 Å². The van der Waals surface area contributed by atoms with Crippen LogP contribution in [0.4, 0.5) is 5.95 Å². The van der Waals surface area contributed by atoms with Gasteiger partial charge in [-0.3, -0.25) is 0 Å². The van der Waals surface area contributed by atoms with Crippen LogP contribution in [0.2, 0.25) is 0 Å². The van der Waals surface area contributed by atoms with E-state index in [2.05, 4.69) is 35.6 Å². The van der Waals surface area contributed by atoms with Crippen LogP contribution in [0.1, 0.15) is 0 Å². The maximum Gasteiger partial charge on any atom is 0.245 e. The Balaban J connectivity index is 2.85. The van der Waals surface area contributed by atoms with E-state index in [4.69, 9.17) is 0 Å². The van der Waals surface area contributed by atoms with E-state index < -0.39 is 0 Å². The van der Waals surface area contributed by atoms with Crippen LogP contribution in [0.5, 0.6) is 0 Å². The molecule has 0 aliphatic rings. The number of nitrogens with zero attached hydrogens (tertiary/aromatic N) is 3. The van der Waals surface area contributed by atoms with Gasteiger partial charge in [-0.2, -0.15) is 0 Å². The SMILES string of the molecule is SN(S)c1ncccn1. The molecule has 1 aromatic heterocycles. The standard InChI is InChI=1S/C4H5N3S2/c8-7(9)4-5-2-1-3-6-4/h1-3,8-9H. The highest BCUT2D eigenvalue weighted by atomic mass is 32.2. The van der Waals surface area contributed by atoms with Gasteiger partial charge in [-0.1, -0.05) is 25.6 Å². The molecule has 0 spiro atoms. The molecule has 0 radical (unpaired) electrons. The summed E-state index contributed by atoms with van der Waals surface area (Å²) in [6.07, 6.45) is 3.25. The first-order chi connectivity index (χ1) is 4.30. The topological polar surface area (TPSA) is 29.0 Å². The normalized spacial score (nSPS) is 9.11. The molecule has 0 aliphatic heterocycles. The molecule has 0 bridgehead atoms. The van der Waals surface area contributed by atoms with E-state index in [0.717, 1.165) is 0 Å². The molecule has 9 heavy (non-hydrogen) atoms. The average Bonchev–Trinajstić information content (AvgIpc) is 1.90. The first-order valence-electron chi connectivity index (χ1n) is 2.25. The monoisotopic (exact) mass is 159 g/mol. The van der Waals surface area contributed by atoms with E-state index >= 15 is 0 Å². The highest BCUT2D eigenvalue weighted by Gasteiger charge is 1.94. The fraction of sp³-hybridized carbons (Fsp3) is 0. The minimum atomic E-state index is 0.476.